The Bertz CT molecular complexity index is 643. The highest BCUT2D eigenvalue weighted by Gasteiger charge is 2.23. The van der Waals surface area contributed by atoms with E-state index in [0.717, 1.165) is 13.1 Å². The van der Waals surface area contributed by atoms with E-state index in [0.29, 0.717) is 18.8 Å². The molecule has 130 valence electrons. The maximum atomic E-state index is 12.3. The average Bonchev–Trinajstić information content (AvgIpc) is 2.61. The van der Waals surface area contributed by atoms with Gasteiger partial charge >= 0.3 is 0 Å². The molecule has 1 aromatic rings. The highest BCUT2D eigenvalue weighted by atomic mass is 16.6. The van der Waals surface area contributed by atoms with Crippen LogP contribution in [0, 0.1) is 10.1 Å². The third-order valence-corrected chi connectivity index (χ3v) is 3.91. The van der Waals surface area contributed by atoms with Crippen molar-refractivity contribution in [3.8, 4) is 0 Å². The van der Waals surface area contributed by atoms with Crippen LogP contribution in [-0.4, -0.2) is 68.5 Å². The average molecular weight is 335 g/mol. The van der Waals surface area contributed by atoms with Gasteiger partial charge < -0.3 is 20.4 Å². The van der Waals surface area contributed by atoms with E-state index < -0.39 is 10.8 Å². The lowest BCUT2D eigenvalue weighted by Gasteiger charge is -2.29. The summed E-state index contributed by atoms with van der Waals surface area (Å²) in [6.07, 6.45) is 0. The molecule has 9 nitrogen and oxygen atoms in total. The van der Waals surface area contributed by atoms with Gasteiger partial charge in [0.1, 0.15) is 5.69 Å². The van der Waals surface area contributed by atoms with Crippen LogP contribution < -0.4 is 15.5 Å². The fraction of sp³-hybridized carbons (Fsp3) is 0.467. The number of nitrogens with one attached hydrogen (secondary N) is 2. The Morgan fingerprint density at radius 3 is 2.62 bits per heavy atom. The Labute approximate surface area is 139 Å². The molecule has 0 aliphatic carbocycles. The minimum atomic E-state index is -0.548. The van der Waals surface area contributed by atoms with E-state index in [9.17, 15) is 19.7 Å². The first-order valence-corrected chi connectivity index (χ1v) is 7.64. The standard InChI is InChI=1S/C15H21N5O4/c1-16-15(22)11-3-4-12(13(9-11)20(23)24)18(2)10-14(21)19-7-5-17-6-8-19/h3-4,9,17H,5-8,10H2,1-2H3,(H,16,22). The number of benzene rings is 1. The number of carbonyl (C=O) groups excluding carboxylic acids is 2. The number of rotatable bonds is 5. The van der Waals surface area contributed by atoms with Crippen molar-refractivity contribution in [1.29, 1.82) is 0 Å². The third kappa shape index (κ3) is 3.99. The fourth-order valence-electron chi connectivity index (χ4n) is 2.58. The van der Waals surface area contributed by atoms with E-state index in [2.05, 4.69) is 10.6 Å². The summed E-state index contributed by atoms with van der Waals surface area (Å²) in [5.41, 5.74) is 0.303. The summed E-state index contributed by atoms with van der Waals surface area (Å²) in [5, 5.41) is 16.9. The van der Waals surface area contributed by atoms with E-state index in [1.165, 1.54) is 30.1 Å². The molecule has 1 saturated heterocycles. The monoisotopic (exact) mass is 335 g/mol. The zero-order valence-corrected chi connectivity index (χ0v) is 13.7. The van der Waals surface area contributed by atoms with Crippen LogP contribution >= 0.6 is 0 Å². The van der Waals surface area contributed by atoms with Gasteiger partial charge in [0.2, 0.25) is 5.91 Å². The number of nitro benzene ring substituents is 1. The Morgan fingerprint density at radius 1 is 1.38 bits per heavy atom. The summed E-state index contributed by atoms with van der Waals surface area (Å²) in [6, 6.07) is 4.22. The Morgan fingerprint density at radius 2 is 2.04 bits per heavy atom. The van der Waals surface area contributed by atoms with Gasteiger partial charge in [-0.25, -0.2) is 0 Å². The van der Waals surface area contributed by atoms with Gasteiger partial charge in [-0.1, -0.05) is 0 Å². The molecule has 1 heterocycles. The second-order valence-electron chi connectivity index (χ2n) is 5.53. The van der Waals surface area contributed by atoms with Gasteiger partial charge in [-0.15, -0.1) is 0 Å². The van der Waals surface area contributed by atoms with E-state index in [1.54, 1.807) is 11.9 Å². The lowest BCUT2D eigenvalue weighted by atomic mass is 10.1. The molecule has 24 heavy (non-hydrogen) atoms. The van der Waals surface area contributed by atoms with Crippen molar-refractivity contribution in [2.45, 2.75) is 0 Å². The second kappa shape index (κ2) is 7.73. The lowest BCUT2D eigenvalue weighted by molar-refractivity contribution is -0.384. The van der Waals surface area contributed by atoms with E-state index in [1.807, 2.05) is 0 Å². The molecule has 0 atom stereocenters. The van der Waals surface area contributed by atoms with Crippen LogP contribution in [0.15, 0.2) is 18.2 Å². The van der Waals surface area contributed by atoms with Gasteiger partial charge in [-0.05, 0) is 12.1 Å². The predicted molar refractivity (Wildman–Crippen MR) is 89.2 cm³/mol. The number of nitro groups is 1. The molecule has 0 radical (unpaired) electrons. The van der Waals surface area contributed by atoms with Gasteiger partial charge in [-0.3, -0.25) is 19.7 Å². The number of hydrogen-bond donors (Lipinski definition) is 2. The molecular weight excluding hydrogens is 314 g/mol. The Balaban J connectivity index is 2.18. The molecule has 0 saturated carbocycles. The van der Waals surface area contributed by atoms with Crippen LogP contribution in [0.1, 0.15) is 10.4 Å². The Hall–Kier alpha value is -2.68. The molecule has 1 aliphatic rings. The number of nitrogens with zero attached hydrogens (tertiary/aromatic N) is 3. The summed E-state index contributed by atoms with van der Waals surface area (Å²) >= 11 is 0. The summed E-state index contributed by atoms with van der Waals surface area (Å²) in [6.45, 7) is 2.79. The zero-order valence-electron chi connectivity index (χ0n) is 13.7. The molecule has 9 heteroatoms. The molecule has 0 unspecified atom stereocenters. The van der Waals surface area contributed by atoms with Crippen molar-refractivity contribution in [1.82, 2.24) is 15.5 Å². The van der Waals surface area contributed by atoms with Crippen molar-refractivity contribution in [2.24, 2.45) is 0 Å². The normalized spacial score (nSPS) is 14.2. The highest BCUT2D eigenvalue weighted by Crippen LogP contribution is 2.28. The number of amides is 2. The Kier molecular flexibility index (Phi) is 5.69. The van der Waals surface area contributed by atoms with Crippen LogP contribution in [0.2, 0.25) is 0 Å². The fourth-order valence-corrected chi connectivity index (χ4v) is 2.58. The first-order chi connectivity index (χ1) is 11.4. The summed E-state index contributed by atoms with van der Waals surface area (Å²) in [7, 11) is 3.09. The molecule has 1 aliphatic heterocycles. The van der Waals surface area contributed by atoms with Gasteiger partial charge in [0.15, 0.2) is 0 Å². The number of piperazine rings is 1. The highest BCUT2D eigenvalue weighted by molar-refractivity contribution is 5.95. The van der Waals surface area contributed by atoms with Crippen LogP contribution in [0.5, 0.6) is 0 Å². The topological polar surface area (TPSA) is 108 Å². The number of carbonyl (C=O) groups is 2. The molecule has 1 fully saturated rings. The van der Waals surface area contributed by atoms with Gasteiger partial charge in [0, 0.05) is 51.9 Å². The summed E-state index contributed by atoms with van der Waals surface area (Å²) in [5.74, 6) is -0.479. The lowest BCUT2D eigenvalue weighted by Crippen LogP contribution is -2.49. The van der Waals surface area contributed by atoms with E-state index >= 15 is 0 Å². The molecule has 0 spiro atoms. The quantitative estimate of drug-likeness (QED) is 0.571. The van der Waals surface area contributed by atoms with Crippen LogP contribution in [-0.2, 0) is 4.79 Å². The first kappa shape index (κ1) is 17.7. The molecule has 0 aromatic heterocycles. The van der Waals surface area contributed by atoms with Crippen molar-refractivity contribution >= 4 is 23.2 Å². The van der Waals surface area contributed by atoms with Gasteiger partial charge in [0.25, 0.3) is 11.6 Å². The SMILES string of the molecule is CNC(=O)c1ccc(N(C)CC(=O)N2CCNCC2)c([N+](=O)[O-])c1. The molecule has 0 bridgehead atoms. The second-order valence-corrected chi connectivity index (χ2v) is 5.53. The van der Waals surface area contributed by atoms with Crippen LogP contribution in [0.3, 0.4) is 0 Å². The maximum Gasteiger partial charge on any atom is 0.293 e. The summed E-state index contributed by atoms with van der Waals surface area (Å²) in [4.78, 5) is 38.0. The predicted octanol–water partition coefficient (Wildman–Crippen LogP) is -0.178. The molecule has 2 amide bonds. The smallest absolute Gasteiger partial charge is 0.293 e. The number of likely N-dealkylation sites (N-methyl/N-ethyl adjacent to an activating group) is 1. The summed E-state index contributed by atoms with van der Waals surface area (Å²) < 4.78 is 0. The molecule has 2 rings (SSSR count). The van der Waals surface area contributed by atoms with E-state index in [4.69, 9.17) is 0 Å². The molecular formula is C15H21N5O4. The molecule has 2 N–H and O–H groups in total. The largest absolute Gasteiger partial charge is 0.360 e. The van der Waals surface area contributed by atoms with Gasteiger partial charge in [-0.2, -0.15) is 0 Å². The van der Waals surface area contributed by atoms with E-state index in [-0.39, 0.29) is 23.7 Å². The van der Waals surface area contributed by atoms with Crippen molar-refractivity contribution in [2.75, 3.05) is 51.7 Å². The number of anilines is 1. The minimum Gasteiger partial charge on any atom is -0.360 e. The third-order valence-electron chi connectivity index (χ3n) is 3.91. The first-order valence-electron chi connectivity index (χ1n) is 7.64. The van der Waals surface area contributed by atoms with Crippen molar-refractivity contribution in [3.63, 3.8) is 0 Å². The van der Waals surface area contributed by atoms with Crippen molar-refractivity contribution in [3.05, 3.63) is 33.9 Å². The van der Waals surface area contributed by atoms with Gasteiger partial charge in [0.05, 0.1) is 11.5 Å². The van der Waals surface area contributed by atoms with Crippen LogP contribution in [0.25, 0.3) is 0 Å². The van der Waals surface area contributed by atoms with Crippen LogP contribution in [0.4, 0.5) is 11.4 Å². The molecule has 1 aromatic carbocycles. The van der Waals surface area contributed by atoms with Crippen molar-refractivity contribution < 1.29 is 14.5 Å². The zero-order chi connectivity index (χ0) is 17.7. The minimum absolute atomic E-state index is 0.0418. The maximum absolute atomic E-state index is 12.3. The number of hydrogen-bond acceptors (Lipinski definition) is 6.